The second-order valence-electron chi connectivity index (χ2n) is 6.91. The monoisotopic (exact) mass is 515 g/mol. The van der Waals surface area contributed by atoms with Crippen molar-refractivity contribution in [3.05, 3.63) is 51.5 Å². The van der Waals surface area contributed by atoms with Crippen LogP contribution >= 0.6 is 35.3 Å². The average Bonchev–Trinajstić information content (AvgIpc) is 2.98. The van der Waals surface area contributed by atoms with Gasteiger partial charge in [-0.2, -0.15) is 0 Å². The van der Waals surface area contributed by atoms with Gasteiger partial charge in [-0.05, 0) is 46.7 Å². The lowest BCUT2D eigenvalue weighted by molar-refractivity contribution is 0.238. The van der Waals surface area contributed by atoms with Crippen LogP contribution in [0.15, 0.2) is 35.3 Å². The lowest BCUT2D eigenvalue weighted by atomic mass is 10.1. The van der Waals surface area contributed by atoms with Gasteiger partial charge >= 0.3 is 0 Å². The molecule has 0 saturated heterocycles. The molecule has 7 heteroatoms. The number of nitrogens with zero attached hydrogens (tertiary/aromatic N) is 3. The molecule has 1 heterocycles. The minimum Gasteiger partial charge on any atom is -0.357 e. The Kier molecular flexibility index (Phi) is 11.6. The molecule has 1 unspecified atom stereocenters. The van der Waals surface area contributed by atoms with Crippen LogP contribution in [0.1, 0.15) is 41.4 Å². The van der Waals surface area contributed by atoms with Crippen LogP contribution in [-0.4, -0.2) is 42.0 Å². The van der Waals surface area contributed by atoms with Crippen molar-refractivity contribution in [2.45, 2.75) is 53.2 Å². The Morgan fingerprint density at radius 2 is 1.93 bits per heavy atom. The third-order valence-corrected chi connectivity index (χ3v) is 5.73. The summed E-state index contributed by atoms with van der Waals surface area (Å²) in [5.41, 5.74) is 2.46. The van der Waals surface area contributed by atoms with Crippen LogP contribution in [0.5, 0.6) is 0 Å². The number of guanidine groups is 1. The molecule has 0 saturated carbocycles. The van der Waals surface area contributed by atoms with Gasteiger partial charge < -0.3 is 10.6 Å². The molecule has 1 aromatic carbocycles. The number of hydrogen-bond donors (Lipinski definition) is 2. The molecule has 2 aromatic rings. The van der Waals surface area contributed by atoms with Crippen LogP contribution in [0.25, 0.3) is 0 Å². The quantitative estimate of drug-likeness (QED) is 0.297. The summed E-state index contributed by atoms with van der Waals surface area (Å²) in [6.45, 7) is 11.9. The predicted molar refractivity (Wildman–Crippen MR) is 132 cm³/mol. The highest BCUT2D eigenvalue weighted by molar-refractivity contribution is 14.0. The van der Waals surface area contributed by atoms with E-state index in [9.17, 15) is 0 Å². The summed E-state index contributed by atoms with van der Waals surface area (Å²) >= 11 is 1.73. The first-order valence-electron chi connectivity index (χ1n) is 9.68. The van der Waals surface area contributed by atoms with E-state index in [4.69, 9.17) is 0 Å². The SMILES string of the molecule is CCNC(=NCc1nc(C)c(C)s1)NCCC(C)N(C)Cc1ccccc1.I. The zero-order valence-corrected chi connectivity index (χ0v) is 20.8. The molecule has 156 valence electrons. The highest BCUT2D eigenvalue weighted by atomic mass is 127. The third-order valence-electron chi connectivity index (χ3n) is 4.67. The molecule has 28 heavy (non-hydrogen) atoms. The van der Waals surface area contributed by atoms with Gasteiger partial charge in [-0.3, -0.25) is 4.90 Å². The molecule has 0 radical (unpaired) electrons. The van der Waals surface area contributed by atoms with Crippen molar-refractivity contribution < 1.29 is 0 Å². The minimum atomic E-state index is 0. The van der Waals surface area contributed by atoms with Crippen molar-refractivity contribution in [3.8, 4) is 0 Å². The van der Waals surface area contributed by atoms with E-state index in [1.165, 1.54) is 10.4 Å². The summed E-state index contributed by atoms with van der Waals surface area (Å²) in [6.07, 6.45) is 1.06. The van der Waals surface area contributed by atoms with E-state index in [1.807, 2.05) is 0 Å². The molecular formula is C21H34IN5S. The van der Waals surface area contributed by atoms with E-state index in [0.29, 0.717) is 12.6 Å². The lowest BCUT2D eigenvalue weighted by Gasteiger charge is -2.25. The Morgan fingerprint density at radius 1 is 1.21 bits per heavy atom. The Morgan fingerprint density at radius 3 is 2.54 bits per heavy atom. The molecular weight excluding hydrogens is 481 g/mol. The fourth-order valence-electron chi connectivity index (χ4n) is 2.74. The number of hydrogen-bond acceptors (Lipinski definition) is 4. The number of benzene rings is 1. The van der Waals surface area contributed by atoms with E-state index >= 15 is 0 Å². The number of aliphatic imine (C=N–C) groups is 1. The van der Waals surface area contributed by atoms with Crippen LogP contribution in [0.3, 0.4) is 0 Å². The predicted octanol–water partition coefficient (Wildman–Crippen LogP) is 4.34. The van der Waals surface area contributed by atoms with Gasteiger partial charge in [-0.25, -0.2) is 9.98 Å². The summed E-state index contributed by atoms with van der Waals surface area (Å²) < 4.78 is 0. The van der Waals surface area contributed by atoms with Crippen LogP contribution in [0, 0.1) is 13.8 Å². The number of nitrogens with one attached hydrogen (secondary N) is 2. The second-order valence-corrected chi connectivity index (χ2v) is 8.20. The normalized spacial score (nSPS) is 12.6. The maximum atomic E-state index is 4.68. The molecule has 0 fully saturated rings. The van der Waals surface area contributed by atoms with Crippen molar-refractivity contribution in [1.82, 2.24) is 20.5 Å². The summed E-state index contributed by atoms with van der Waals surface area (Å²) in [4.78, 5) is 12.9. The largest absolute Gasteiger partial charge is 0.357 e. The van der Waals surface area contributed by atoms with Gasteiger partial charge in [-0.15, -0.1) is 35.3 Å². The lowest BCUT2D eigenvalue weighted by Crippen LogP contribution is -2.40. The second kappa shape index (κ2) is 13.1. The maximum absolute atomic E-state index is 4.68. The van der Waals surface area contributed by atoms with Gasteiger partial charge in [0.15, 0.2) is 5.96 Å². The van der Waals surface area contributed by atoms with Crippen LogP contribution < -0.4 is 10.6 Å². The van der Waals surface area contributed by atoms with Gasteiger partial charge in [0.25, 0.3) is 0 Å². The molecule has 0 aliphatic heterocycles. The van der Waals surface area contributed by atoms with Gasteiger partial charge in [0.2, 0.25) is 0 Å². The Bertz CT molecular complexity index is 697. The van der Waals surface area contributed by atoms with Crippen LogP contribution in [0.4, 0.5) is 0 Å². The molecule has 2 N–H and O–H groups in total. The summed E-state index contributed by atoms with van der Waals surface area (Å²) in [7, 11) is 2.18. The summed E-state index contributed by atoms with van der Waals surface area (Å²) in [6, 6.07) is 11.1. The van der Waals surface area contributed by atoms with E-state index in [-0.39, 0.29) is 24.0 Å². The smallest absolute Gasteiger partial charge is 0.191 e. The van der Waals surface area contributed by atoms with E-state index in [2.05, 4.69) is 90.6 Å². The fraction of sp³-hybridized carbons (Fsp3) is 0.524. The molecule has 1 aromatic heterocycles. The van der Waals surface area contributed by atoms with Crippen LogP contribution in [0.2, 0.25) is 0 Å². The van der Waals surface area contributed by atoms with Gasteiger partial charge in [0.1, 0.15) is 5.01 Å². The molecule has 0 aliphatic rings. The molecule has 0 spiro atoms. The number of rotatable bonds is 9. The van der Waals surface area contributed by atoms with Crippen molar-refractivity contribution in [1.29, 1.82) is 0 Å². The molecule has 0 bridgehead atoms. The first-order chi connectivity index (χ1) is 13.0. The Hall–Kier alpha value is -1.19. The molecule has 0 amide bonds. The zero-order valence-electron chi connectivity index (χ0n) is 17.7. The van der Waals surface area contributed by atoms with Crippen molar-refractivity contribution >= 4 is 41.3 Å². The van der Waals surface area contributed by atoms with Crippen molar-refractivity contribution in [2.75, 3.05) is 20.1 Å². The summed E-state index contributed by atoms with van der Waals surface area (Å²) in [5, 5.41) is 7.84. The zero-order chi connectivity index (χ0) is 19.6. The van der Waals surface area contributed by atoms with E-state index < -0.39 is 0 Å². The molecule has 1 atom stereocenters. The van der Waals surface area contributed by atoms with Crippen molar-refractivity contribution in [2.24, 2.45) is 4.99 Å². The topological polar surface area (TPSA) is 52.6 Å². The highest BCUT2D eigenvalue weighted by Crippen LogP contribution is 2.16. The number of aromatic nitrogens is 1. The van der Waals surface area contributed by atoms with Gasteiger partial charge in [-0.1, -0.05) is 30.3 Å². The van der Waals surface area contributed by atoms with E-state index in [1.54, 1.807) is 11.3 Å². The minimum absolute atomic E-state index is 0. The van der Waals surface area contributed by atoms with E-state index in [0.717, 1.165) is 42.7 Å². The summed E-state index contributed by atoms with van der Waals surface area (Å²) in [5.74, 6) is 0.862. The number of halogens is 1. The Balaban J connectivity index is 0.00000392. The Labute approximate surface area is 191 Å². The number of aryl methyl sites for hydroxylation is 2. The standard InChI is InChI=1S/C21H33N5S.HI/c1-6-22-21(24-14-20-25-17(3)18(4)27-20)23-13-12-16(2)26(5)15-19-10-8-7-9-11-19;/h7-11,16H,6,12-15H2,1-5H3,(H2,22,23,24);1H. The molecule has 0 aliphatic carbocycles. The first kappa shape index (κ1) is 24.8. The fourth-order valence-corrected chi connectivity index (χ4v) is 3.60. The van der Waals surface area contributed by atoms with Gasteiger partial charge in [0.05, 0.1) is 12.2 Å². The number of thiazole rings is 1. The highest BCUT2D eigenvalue weighted by Gasteiger charge is 2.10. The molecule has 2 rings (SSSR count). The third kappa shape index (κ3) is 8.45. The van der Waals surface area contributed by atoms with Crippen molar-refractivity contribution in [3.63, 3.8) is 0 Å². The van der Waals surface area contributed by atoms with Gasteiger partial charge in [0, 0.05) is 30.6 Å². The molecule has 5 nitrogen and oxygen atoms in total. The van der Waals surface area contributed by atoms with Crippen LogP contribution in [-0.2, 0) is 13.1 Å². The average molecular weight is 516 g/mol. The first-order valence-corrected chi connectivity index (χ1v) is 10.5. The maximum Gasteiger partial charge on any atom is 0.191 e.